The summed E-state index contributed by atoms with van der Waals surface area (Å²) in [6, 6.07) is 10.2. The Hall–Kier alpha value is -4.58. The van der Waals surface area contributed by atoms with Crippen LogP contribution >= 0.6 is 0 Å². The van der Waals surface area contributed by atoms with Gasteiger partial charge in [0.2, 0.25) is 0 Å². The normalized spacial score (nSPS) is 16.1. The Morgan fingerprint density at radius 3 is 2.56 bits per heavy atom. The molecule has 4 aromatic rings. The number of carbonyl (C=O) groups is 2. The van der Waals surface area contributed by atoms with E-state index in [1.807, 2.05) is 17.9 Å². The summed E-state index contributed by atoms with van der Waals surface area (Å²) in [4.78, 5) is 41.8. The van der Waals surface area contributed by atoms with Crippen molar-refractivity contribution in [2.45, 2.75) is 26.6 Å². The molecule has 9 nitrogen and oxygen atoms in total. The maximum atomic E-state index is 13.8. The summed E-state index contributed by atoms with van der Waals surface area (Å²) in [5.41, 5.74) is 3.46. The van der Waals surface area contributed by atoms with Crippen molar-refractivity contribution in [3.63, 3.8) is 0 Å². The van der Waals surface area contributed by atoms with Gasteiger partial charge in [-0.3, -0.25) is 14.6 Å². The predicted octanol–water partition coefficient (Wildman–Crippen LogP) is 5.86. The number of hydrogen-bond acceptors (Lipinski definition) is 5. The van der Waals surface area contributed by atoms with E-state index >= 15 is 0 Å². The van der Waals surface area contributed by atoms with E-state index in [1.165, 1.54) is 0 Å². The SMILES string of the molecule is CCN1CCN(c2cc(NC(=O)c3ccc(C)c(N4Cc5cnc6[nH]ccc6c5N(C)C4=O)c3)cc(C(F)(F)F)c2)CC1. The number of amides is 3. The maximum absolute atomic E-state index is 13.8. The van der Waals surface area contributed by atoms with Gasteiger partial charge in [0, 0.05) is 79.2 Å². The summed E-state index contributed by atoms with van der Waals surface area (Å²) in [5.74, 6) is -0.573. The number of aromatic nitrogens is 2. The molecule has 0 aliphatic carbocycles. The van der Waals surface area contributed by atoms with Crippen LogP contribution in [0.4, 0.5) is 40.7 Å². The molecule has 224 valence electrons. The van der Waals surface area contributed by atoms with Crippen molar-refractivity contribution in [3.05, 3.63) is 77.1 Å². The summed E-state index contributed by atoms with van der Waals surface area (Å²) in [7, 11) is 1.69. The van der Waals surface area contributed by atoms with Crippen LogP contribution in [-0.2, 0) is 12.7 Å². The average Bonchev–Trinajstić information content (AvgIpc) is 3.47. The number of aryl methyl sites for hydroxylation is 1. The van der Waals surface area contributed by atoms with E-state index in [4.69, 9.17) is 0 Å². The number of aromatic amines is 1. The molecule has 3 amide bonds. The van der Waals surface area contributed by atoms with Crippen molar-refractivity contribution in [2.75, 3.05) is 59.8 Å². The molecule has 6 rings (SSSR count). The van der Waals surface area contributed by atoms with E-state index in [-0.39, 0.29) is 23.8 Å². The highest BCUT2D eigenvalue weighted by atomic mass is 19.4. The molecule has 0 saturated carbocycles. The van der Waals surface area contributed by atoms with Crippen molar-refractivity contribution < 1.29 is 22.8 Å². The molecule has 0 atom stereocenters. The lowest BCUT2D eigenvalue weighted by molar-refractivity contribution is -0.137. The first-order chi connectivity index (χ1) is 20.5. The Balaban J connectivity index is 1.28. The van der Waals surface area contributed by atoms with Gasteiger partial charge < -0.3 is 20.1 Å². The van der Waals surface area contributed by atoms with E-state index in [1.54, 1.807) is 53.5 Å². The molecule has 0 spiro atoms. The van der Waals surface area contributed by atoms with Crippen molar-refractivity contribution in [1.82, 2.24) is 14.9 Å². The summed E-state index contributed by atoms with van der Waals surface area (Å²) in [6.07, 6.45) is -1.08. The van der Waals surface area contributed by atoms with Crippen molar-refractivity contribution in [2.24, 2.45) is 0 Å². The number of nitrogens with one attached hydrogen (secondary N) is 2. The molecule has 12 heteroatoms. The van der Waals surface area contributed by atoms with Crippen molar-refractivity contribution in [3.8, 4) is 0 Å². The zero-order valence-electron chi connectivity index (χ0n) is 24.1. The van der Waals surface area contributed by atoms with Crippen LogP contribution in [0, 0.1) is 6.92 Å². The van der Waals surface area contributed by atoms with Crippen LogP contribution < -0.4 is 20.0 Å². The number of H-pyrrole nitrogens is 1. The van der Waals surface area contributed by atoms with E-state index in [2.05, 4.69) is 27.1 Å². The number of alkyl halides is 3. The van der Waals surface area contributed by atoms with Gasteiger partial charge in [0.15, 0.2) is 0 Å². The van der Waals surface area contributed by atoms with Crippen molar-refractivity contribution in [1.29, 1.82) is 0 Å². The largest absolute Gasteiger partial charge is 0.416 e. The second kappa shape index (κ2) is 10.9. The lowest BCUT2D eigenvalue weighted by Crippen LogP contribution is -2.46. The van der Waals surface area contributed by atoms with Crippen LogP contribution in [-0.4, -0.2) is 66.6 Å². The minimum Gasteiger partial charge on any atom is -0.369 e. The molecule has 2 aromatic heterocycles. The number of urea groups is 1. The van der Waals surface area contributed by atoms with Crippen LogP contribution in [0.5, 0.6) is 0 Å². The van der Waals surface area contributed by atoms with Crippen LogP contribution in [0.25, 0.3) is 11.0 Å². The second-order valence-corrected chi connectivity index (χ2v) is 10.9. The van der Waals surface area contributed by atoms with Crippen LogP contribution in [0.3, 0.4) is 0 Å². The number of pyridine rings is 1. The summed E-state index contributed by atoms with van der Waals surface area (Å²) < 4.78 is 41.5. The van der Waals surface area contributed by atoms with Gasteiger partial charge in [0.05, 0.1) is 17.8 Å². The molecule has 0 radical (unpaired) electrons. The predicted molar refractivity (Wildman–Crippen MR) is 161 cm³/mol. The number of fused-ring (bicyclic) bond motifs is 3. The molecule has 2 N–H and O–H groups in total. The summed E-state index contributed by atoms with van der Waals surface area (Å²) in [6.45, 7) is 7.72. The number of halogens is 3. The zero-order chi connectivity index (χ0) is 30.5. The van der Waals surface area contributed by atoms with Crippen LogP contribution in [0.15, 0.2) is 54.9 Å². The Morgan fingerprint density at radius 2 is 1.84 bits per heavy atom. The smallest absolute Gasteiger partial charge is 0.369 e. The number of nitrogens with zero attached hydrogens (tertiary/aromatic N) is 5. The highest BCUT2D eigenvalue weighted by molar-refractivity contribution is 6.12. The standard InChI is InChI=1S/C31H32F3N7O2/c1-4-39-9-11-40(12-10-39)24-15-22(31(32,33)34)14-23(16-24)37-29(42)20-6-5-19(2)26(13-20)41-18-21-17-36-28-25(7-8-35-28)27(21)38(3)30(41)43/h5-8,13-17H,4,9-12,18H2,1-3H3,(H,35,36)(H,37,42). The average molecular weight is 592 g/mol. The van der Waals surface area contributed by atoms with Gasteiger partial charge in [0.25, 0.3) is 5.91 Å². The van der Waals surface area contributed by atoms with Gasteiger partial charge in [-0.2, -0.15) is 13.2 Å². The molecule has 4 heterocycles. The first-order valence-electron chi connectivity index (χ1n) is 14.1. The molecule has 43 heavy (non-hydrogen) atoms. The first kappa shape index (κ1) is 28.5. The highest BCUT2D eigenvalue weighted by Gasteiger charge is 2.34. The van der Waals surface area contributed by atoms with Gasteiger partial charge in [0.1, 0.15) is 5.65 Å². The van der Waals surface area contributed by atoms with E-state index in [9.17, 15) is 22.8 Å². The second-order valence-electron chi connectivity index (χ2n) is 10.9. The fourth-order valence-corrected chi connectivity index (χ4v) is 5.85. The Morgan fingerprint density at radius 1 is 1.07 bits per heavy atom. The number of rotatable bonds is 5. The number of anilines is 4. The molecule has 1 fully saturated rings. The first-order valence-corrected chi connectivity index (χ1v) is 14.1. The number of carbonyl (C=O) groups excluding carboxylic acids is 2. The van der Waals surface area contributed by atoms with E-state index in [0.717, 1.165) is 54.0 Å². The molecule has 1 saturated heterocycles. The summed E-state index contributed by atoms with van der Waals surface area (Å²) >= 11 is 0. The third kappa shape index (κ3) is 5.38. The Kier molecular flexibility index (Phi) is 7.25. The molecule has 0 bridgehead atoms. The van der Waals surface area contributed by atoms with Gasteiger partial charge in [-0.1, -0.05) is 13.0 Å². The zero-order valence-corrected chi connectivity index (χ0v) is 24.1. The minimum atomic E-state index is -4.57. The van der Waals surface area contributed by atoms with Gasteiger partial charge in [-0.15, -0.1) is 0 Å². The Labute approximate surface area is 246 Å². The molecular formula is C31H32F3N7O2. The van der Waals surface area contributed by atoms with E-state index in [0.29, 0.717) is 30.1 Å². The number of likely N-dealkylation sites (N-methyl/N-ethyl adjacent to an activating group) is 1. The monoisotopic (exact) mass is 591 g/mol. The fraction of sp³-hybridized carbons (Fsp3) is 0.323. The quantitative estimate of drug-likeness (QED) is 0.304. The number of hydrogen-bond donors (Lipinski definition) is 2. The third-order valence-corrected chi connectivity index (χ3v) is 8.27. The maximum Gasteiger partial charge on any atom is 0.416 e. The van der Waals surface area contributed by atoms with Gasteiger partial charge in [-0.05, 0) is 55.4 Å². The minimum absolute atomic E-state index is 0.0548. The topological polar surface area (TPSA) is 87.8 Å². The van der Waals surface area contributed by atoms with Gasteiger partial charge in [-0.25, -0.2) is 9.78 Å². The number of benzene rings is 2. The van der Waals surface area contributed by atoms with E-state index < -0.39 is 17.6 Å². The Bertz CT molecular complexity index is 1710. The van der Waals surface area contributed by atoms with Crippen LogP contribution in [0.1, 0.15) is 34.0 Å². The highest BCUT2D eigenvalue weighted by Crippen LogP contribution is 2.38. The molecule has 2 aliphatic heterocycles. The number of piperazine rings is 1. The third-order valence-electron chi connectivity index (χ3n) is 8.27. The van der Waals surface area contributed by atoms with Crippen LogP contribution in [0.2, 0.25) is 0 Å². The molecule has 2 aromatic carbocycles. The lowest BCUT2D eigenvalue weighted by Gasteiger charge is -2.36. The molecule has 2 aliphatic rings. The molecular weight excluding hydrogens is 559 g/mol. The van der Waals surface area contributed by atoms with Crippen molar-refractivity contribution >= 4 is 45.7 Å². The lowest BCUT2D eigenvalue weighted by atomic mass is 10.0. The fourth-order valence-electron chi connectivity index (χ4n) is 5.85. The summed E-state index contributed by atoms with van der Waals surface area (Å²) in [5, 5.41) is 3.51. The van der Waals surface area contributed by atoms with Gasteiger partial charge >= 0.3 is 12.2 Å². The molecule has 0 unspecified atom stereocenters.